The number of benzene rings is 1. The van der Waals surface area contributed by atoms with Crippen molar-refractivity contribution in [2.24, 2.45) is 0 Å². The van der Waals surface area contributed by atoms with Crippen LogP contribution in [-0.4, -0.2) is 41.3 Å². The fraction of sp³-hybridized carbons (Fsp3) is 0.333. The van der Waals surface area contributed by atoms with Gasteiger partial charge in [-0.3, -0.25) is 9.59 Å². The minimum absolute atomic E-state index is 0.00641. The summed E-state index contributed by atoms with van der Waals surface area (Å²) in [5.41, 5.74) is 0.568. The fourth-order valence-electron chi connectivity index (χ4n) is 3.12. The molecule has 0 aromatic heterocycles. The van der Waals surface area contributed by atoms with Crippen LogP contribution in [0.5, 0.6) is 0 Å². The molecule has 2 heterocycles. The minimum atomic E-state index is -0.240. The van der Waals surface area contributed by atoms with Crippen LogP contribution in [0.1, 0.15) is 23.7 Å². The molecule has 2 aliphatic heterocycles. The Kier molecular flexibility index (Phi) is 4.64. The molecule has 2 bridgehead atoms. The molecule has 1 aromatic rings. The second kappa shape index (κ2) is 6.69. The maximum atomic E-state index is 12.2. The van der Waals surface area contributed by atoms with Gasteiger partial charge < -0.3 is 9.64 Å². The lowest BCUT2D eigenvalue weighted by Crippen LogP contribution is -2.40. The molecule has 0 radical (unpaired) electrons. The molecular formula is C18H18ClNO3. The van der Waals surface area contributed by atoms with Crippen molar-refractivity contribution in [3.8, 4) is 0 Å². The van der Waals surface area contributed by atoms with E-state index in [0.29, 0.717) is 23.6 Å². The van der Waals surface area contributed by atoms with Crippen LogP contribution in [0.2, 0.25) is 5.02 Å². The zero-order chi connectivity index (χ0) is 16.4. The van der Waals surface area contributed by atoms with Gasteiger partial charge in [0.15, 0.2) is 11.6 Å². The first-order valence-electron chi connectivity index (χ1n) is 7.69. The number of ketones is 2. The van der Waals surface area contributed by atoms with Crippen LogP contribution in [0.3, 0.4) is 0 Å². The lowest BCUT2D eigenvalue weighted by Gasteiger charge is -2.29. The molecule has 120 valence electrons. The van der Waals surface area contributed by atoms with Gasteiger partial charge in [0.05, 0.1) is 18.2 Å². The van der Waals surface area contributed by atoms with Gasteiger partial charge >= 0.3 is 0 Å². The summed E-state index contributed by atoms with van der Waals surface area (Å²) in [5.74, 6) is -0.0527. The first kappa shape index (κ1) is 16.0. The Labute approximate surface area is 140 Å². The molecule has 3 atom stereocenters. The lowest BCUT2D eigenvalue weighted by molar-refractivity contribution is -0.118. The zero-order valence-electron chi connectivity index (χ0n) is 12.8. The van der Waals surface area contributed by atoms with Crippen LogP contribution >= 0.6 is 11.6 Å². The Morgan fingerprint density at radius 1 is 1.39 bits per heavy atom. The molecule has 23 heavy (non-hydrogen) atoms. The lowest BCUT2D eigenvalue weighted by atomic mass is 10.1. The average Bonchev–Trinajstić information content (AvgIpc) is 2.80. The van der Waals surface area contributed by atoms with E-state index < -0.39 is 0 Å². The van der Waals surface area contributed by atoms with Crippen LogP contribution < -0.4 is 0 Å². The van der Waals surface area contributed by atoms with Crippen molar-refractivity contribution < 1.29 is 14.3 Å². The van der Waals surface area contributed by atoms with E-state index in [1.54, 1.807) is 36.5 Å². The van der Waals surface area contributed by atoms with Crippen molar-refractivity contribution in [2.75, 3.05) is 6.61 Å². The number of halogens is 1. The smallest absolute Gasteiger partial charge is 0.187 e. The summed E-state index contributed by atoms with van der Waals surface area (Å²) in [5, 5.41) is 0.592. The molecule has 0 saturated carbocycles. The van der Waals surface area contributed by atoms with Crippen molar-refractivity contribution in [3.05, 3.63) is 59.3 Å². The molecule has 0 spiro atoms. The number of carbonyl (C=O) groups is 2. The summed E-state index contributed by atoms with van der Waals surface area (Å²) < 4.78 is 5.72. The zero-order valence-corrected chi connectivity index (χ0v) is 13.6. The van der Waals surface area contributed by atoms with Gasteiger partial charge in [-0.2, -0.15) is 0 Å². The van der Waals surface area contributed by atoms with Gasteiger partial charge in [-0.1, -0.05) is 17.7 Å². The third kappa shape index (κ3) is 3.23. The van der Waals surface area contributed by atoms with Crippen molar-refractivity contribution in [1.82, 2.24) is 4.90 Å². The number of ether oxygens (including phenoxy) is 1. The second-order valence-electron chi connectivity index (χ2n) is 5.63. The summed E-state index contributed by atoms with van der Waals surface area (Å²) in [7, 11) is 0. The Morgan fingerprint density at radius 2 is 2.13 bits per heavy atom. The topological polar surface area (TPSA) is 46.6 Å². The molecule has 2 aliphatic rings. The molecule has 1 saturated heterocycles. The molecule has 4 nitrogen and oxygen atoms in total. The SMILES string of the molecule is CCOC1CC2C(=O)C=CC1N2C=CC(=O)c1ccc(Cl)cc1. The Morgan fingerprint density at radius 3 is 2.83 bits per heavy atom. The highest BCUT2D eigenvalue weighted by Crippen LogP contribution is 2.32. The normalized spacial score (nSPS) is 26.3. The predicted octanol–water partition coefficient (Wildman–Crippen LogP) is 3.02. The van der Waals surface area contributed by atoms with Crippen molar-refractivity contribution in [2.45, 2.75) is 31.5 Å². The molecule has 1 fully saturated rings. The molecule has 1 aromatic carbocycles. The molecule has 5 heteroatoms. The van der Waals surface area contributed by atoms with Crippen LogP contribution in [0.25, 0.3) is 0 Å². The summed E-state index contributed by atoms with van der Waals surface area (Å²) >= 11 is 5.83. The summed E-state index contributed by atoms with van der Waals surface area (Å²) in [6.07, 6.45) is 7.35. The van der Waals surface area contributed by atoms with Crippen LogP contribution in [-0.2, 0) is 9.53 Å². The highest BCUT2D eigenvalue weighted by atomic mass is 35.5. The maximum absolute atomic E-state index is 12.2. The van der Waals surface area contributed by atoms with Gasteiger partial charge in [0, 0.05) is 35.9 Å². The van der Waals surface area contributed by atoms with Crippen LogP contribution in [0.4, 0.5) is 0 Å². The van der Waals surface area contributed by atoms with E-state index in [2.05, 4.69) is 0 Å². The maximum Gasteiger partial charge on any atom is 0.187 e. The molecular weight excluding hydrogens is 314 g/mol. The second-order valence-corrected chi connectivity index (χ2v) is 6.07. The van der Waals surface area contributed by atoms with E-state index in [1.807, 2.05) is 17.9 Å². The highest BCUT2D eigenvalue weighted by molar-refractivity contribution is 6.30. The van der Waals surface area contributed by atoms with Gasteiger partial charge in [0.25, 0.3) is 0 Å². The van der Waals surface area contributed by atoms with Gasteiger partial charge in [-0.15, -0.1) is 0 Å². The van der Waals surface area contributed by atoms with Crippen molar-refractivity contribution in [3.63, 3.8) is 0 Å². The highest BCUT2D eigenvalue weighted by Gasteiger charge is 2.44. The molecule has 0 amide bonds. The third-order valence-electron chi connectivity index (χ3n) is 4.23. The van der Waals surface area contributed by atoms with Crippen molar-refractivity contribution >= 4 is 23.2 Å². The summed E-state index contributed by atoms with van der Waals surface area (Å²) in [6, 6.07) is 6.51. The van der Waals surface area contributed by atoms with E-state index in [1.165, 1.54) is 6.08 Å². The molecule has 3 unspecified atom stereocenters. The first-order chi connectivity index (χ1) is 11.1. The van der Waals surface area contributed by atoms with Gasteiger partial charge in [-0.25, -0.2) is 0 Å². The Bertz CT molecular complexity index is 665. The molecule has 0 N–H and O–H groups in total. The Balaban J connectivity index is 1.76. The van der Waals surface area contributed by atoms with Gasteiger partial charge in [0.1, 0.15) is 0 Å². The van der Waals surface area contributed by atoms with Gasteiger partial charge in [-0.05, 0) is 37.3 Å². The number of carbonyl (C=O) groups excluding carboxylic acids is 2. The number of rotatable bonds is 5. The summed E-state index contributed by atoms with van der Waals surface area (Å²) in [4.78, 5) is 26.2. The summed E-state index contributed by atoms with van der Waals surface area (Å²) in [6.45, 7) is 2.55. The monoisotopic (exact) mass is 331 g/mol. The van der Waals surface area contributed by atoms with E-state index in [9.17, 15) is 9.59 Å². The molecule has 3 rings (SSSR count). The number of hydrogen-bond acceptors (Lipinski definition) is 4. The first-order valence-corrected chi connectivity index (χ1v) is 8.07. The van der Waals surface area contributed by atoms with E-state index >= 15 is 0 Å². The van der Waals surface area contributed by atoms with Crippen molar-refractivity contribution in [1.29, 1.82) is 0 Å². The fourth-order valence-corrected chi connectivity index (χ4v) is 3.25. The standard InChI is InChI=1S/C18H18ClNO3/c1-2-23-18-11-15-17(22)8-7-14(18)20(15)10-9-16(21)12-3-5-13(19)6-4-12/h3-10,14-15,18H,2,11H2,1H3. The minimum Gasteiger partial charge on any atom is -0.376 e. The number of hydrogen-bond donors (Lipinski definition) is 0. The van der Waals surface area contributed by atoms with E-state index in [4.69, 9.17) is 16.3 Å². The van der Waals surface area contributed by atoms with Crippen LogP contribution in [0, 0.1) is 0 Å². The number of allylic oxidation sites excluding steroid dienone is 1. The Hall–Kier alpha value is -1.91. The largest absolute Gasteiger partial charge is 0.376 e. The number of nitrogens with zero attached hydrogens (tertiary/aromatic N) is 1. The third-order valence-corrected chi connectivity index (χ3v) is 4.49. The van der Waals surface area contributed by atoms with E-state index in [0.717, 1.165) is 0 Å². The molecule has 0 aliphatic carbocycles. The number of fused-ring (bicyclic) bond motifs is 2. The quantitative estimate of drug-likeness (QED) is 0.614. The van der Waals surface area contributed by atoms with E-state index in [-0.39, 0.29) is 29.8 Å². The van der Waals surface area contributed by atoms with Gasteiger partial charge in [0.2, 0.25) is 0 Å². The van der Waals surface area contributed by atoms with Crippen LogP contribution in [0.15, 0.2) is 48.7 Å². The predicted molar refractivity (Wildman–Crippen MR) is 88.5 cm³/mol. The average molecular weight is 332 g/mol.